The van der Waals surface area contributed by atoms with Crippen molar-refractivity contribution < 1.29 is 9.53 Å². The summed E-state index contributed by atoms with van der Waals surface area (Å²) in [6.45, 7) is 0. The maximum absolute atomic E-state index is 11.9. The lowest BCUT2D eigenvalue weighted by Crippen LogP contribution is -2.07. The van der Waals surface area contributed by atoms with Crippen molar-refractivity contribution in [3.8, 4) is 5.75 Å². The second-order valence-electron chi connectivity index (χ2n) is 3.26. The first-order valence-electron chi connectivity index (χ1n) is 4.94. The van der Waals surface area contributed by atoms with Gasteiger partial charge in [-0.15, -0.1) is 0 Å². The van der Waals surface area contributed by atoms with Gasteiger partial charge in [-0.2, -0.15) is 23.5 Å². The van der Waals surface area contributed by atoms with Crippen LogP contribution in [0.5, 0.6) is 5.75 Å². The highest BCUT2D eigenvalue weighted by Crippen LogP contribution is 2.24. The van der Waals surface area contributed by atoms with Gasteiger partial charge in [0.2, 0.25) is 0 Å². The summed E-state index contributed by atoms with van der Waals surface area (Å²) < 4.78 is 5.40. The first-order valence-corrected chi connectivity index (χ1v) is 7.51. The molecule has 0 aliphatic heterocycles. The van der Waals surface area contributed by atoms with Gasteiger partial charge < -0.3 is 4.74 Å². The molecule has 0 spiro atoms. The molecule has 0 atom stereocenters. The molecule has 0 fully saturated rings. The summed E-state index contributed by atoms with van der Waals surface area (Å²) in [5, 5.41) is 0. The van der Waals surface area contributed by atoms with Gasteiger partial charge in [0, 0.05) is 12.0 Å². The molecule has 0 saturated carbocycles. The minimum Gasteiger partial charge on any atom is -0.497 e. The minimum atomic E-state index is 0.191. The van der Waals surface area contributed by atoms with Crippen molar-refractivity contribution in [1.29, 1.82) is 0 Å². The van der Waals surface area contributed by atoms with Gasteiger partial charge in [0.15, 0.2) is 5.78 Å². The quantitative estimate of drug-likeness (QED) is 0.576. The fourth-order valence-corrected chi connectivity index (χ4v) is 2.71. The Kier molecular flexibility index (Phi) is 5.77. The Labute approximate surface area is 105 Å². The molecule has 0 N–H and O–H groups in total. The SMILES string of the molecule is COc1ccc(C(=O)CC(SC)SC)cc1. The number of Topliss-reactive ketones (excluding diaryl/α,β-unsaturated/α-hetero) is 1. The molecular formula is C12H16O2S2. The van der Waals surface area contributed by atoms with Crippen molar-refractivity contribution in [3.05, 3.63) is 29.8 Å². The Morgan fingerprint density at radius 3 is 2.25 bits per heavy atom. The van der Waals surface area contributed by atoms with E-state index in [-0.39, 0.29) is 5.78 Å². The van der Waals surface area contributed by atoms with Gasteiger partial charge in [0.05, 0.1) is 11.7 Å². The molecule has 16 heavy (non-hydrogen) atoms. The van der Waals surface area contributed by atoms with Crippen molar-refractivity contribution in [2.45, 2.75) is 11.0 Å². The summed E-state index contributed by atoms with van der Waals surface area (Å²) in [5.41, 5.74) is 0.758. The molecule has 1 aromatic rings. The average molecular weight is 256 g/mol. The molecule has 2 nitrogen and oxygen atoms in total. The van der Waals surface area contributed by atoms with Gasteiger partial charge in [-0.25, -0.2) is 0 Å². The van der Waals surface area contributed by atoms with E-state index in [0.717, 1.165) is 11.3 Å². The van der Waals surface area contributed by atoms with Crippen molar-refractivity contribution >= 4 is 29.3 Å². The van der Waals surface area contributed by atoms with Crippen LogP contribution in [0.1, 0.15) is 16.8 Å². The second kappa shape index (κ2) is 6.86. The summed E-state index contributed by atoms with van der Waals surface area (Å²) in [5.74, 6) is 0.971. The molecular weight excluding hydrogens is 240 g/mol. The van der Waals surface area contributed by atoms with E-state index in [1.165, 1.54) is 0 Å². The van der Waals surface area contributed by atoms with Crippen LogP contribution < -0.4 is 4.74 Å². The third-order valence-corrected chi connectivity index (χ3v) is 4.83. The summed E-state index contributed by atoms with van der Waals surface area (Å²) >= 11 is 3.44. The third kappa shape index (κ3) is 3.76. The first kappa shape index (κ1) is 13.5. The van der Waals surface area contributed by atoms with E-state index in [9.17, 15) is 4.79 Å². The highest BCUT2D eigenvalue weighted by atomic mass is 32.2. The van der Waals surface area contributed by atoms with Crippen molar-refractivity contribution in [3.63, 3.8) is 0 Å². The number of thioether (sulfide) groups is 2. The Morgan fingerprint density at radius 1 is 1.25 bits per heavy atom. The Morgan fingerprint density at radius 2 is 1.81 bits per heavy atom. The molecule has 0 aromatic heterocycles. The average Bonchev–Trinajstić information content (AvgIpc) is 2.35. The number of carbonyl (C=O) groups is 1. The van der Waals surface area contributed by atoms with E-state index in [1.54, 1.807) is 30.6 Å². The third-order valence-electron chi connectivity index (χ3n) is 2.29. The molecule has 0 saturated heterocycles. The van der Waals surface area contributed by atoms with Crippen molar-refractivity contribution in [2.24, 2.45) is 0 Å². The van der Waals surface area contributed by atoms with Gasteiger partial charge in [-0.1, -0.05) is 0 Å². The zero-order chi connectivity index (χ0) is 12.0. The summed E-state index contributed by atoms with van der Waals surface area (Å²) in [4.78, 5) is 11.9. The lowest BCUT2D eigenvalue weighted by molar-refractivity contribution is 0.0987. The van der Waals surface area contributed by atoms with Crippen LogP contribution in [-0.2, 0) is 0 Å². The minimum absolute atomic E-state index is 0.191. The van der Waals surface area contributed by atoms with Crippen LogP contribution in [0.25, 0.3) is 0 Å². The largest absolute Gasteiger partial charge is 0.497 e. The number of rotatable bonds is 6. The van der Waals surface area contributed by atoms with Gasteiger partial charge in [-0.05, 0) is 36.8 Å². The zero-order valence-corrected chi connectivity index (χ0v) is 11.4. The van der Waals surface area contributed by atoms with Crippen LogP contribution in [0.15, 0.2) is 24.3 Å². The Bertz CT molecular complexity index is 331. The number of hydrogen-bond acceptors (Lipinski definition) is 4. The fraction of sp³-hybridized carbons (Fsp3) is 0.417. The number of ketones is 1. The van der Waals surface area contributed by atoms with Gasteiger partial charge in [-0.3, -0.25) is 4.79 Å². The molecule has 0 aliphatic rings. The van der Waals surface area contributed by atoms with E-state index >= 15 is 0 Å². The molecule has 1 rings (SSSR count). The molecule has 88 valence electrons. The number of ether oxygens (including phenoxy) is 1. The summed E-state index contributed by atoms with van der Waals surface area (Å²) in [7, 11) is 1.62. The Balaban J connectivity index is 2.65. The summed E-state index contributed by atoms with van der Waals surface area (Å²) in [6, 6.07) is 7.28. The zero-order valence-electron chi connectivity index (χ0n) is 9.73. The Hall–Kier alpha value is -0.610. The number of carbonyl (C=O) groups excluding carboxylic acids is 1. The molecule has 0 unspecified atom stereocenters. The topological polar surface area (TPSA) is 26.3 Å². The lowest BCUT2D eigenvalue weighted by Gasteiger charge is -2.10. The monoisotopic (exact) mass is 256 g/mol. The van der Waals surface area contributed by atoms with Gasteiger partial charge in [0.25, 0.3) is 0 Å². The maximum atomic E-state index is 11.9. The molecule has 0 aliphatic carbocycles. The normalized spacial score (nSPS) is 10.5. The van der Waals surface area contributed by atoms with E-state index in [1.807, 2.05) is 36.8 Å². The smallest absolute Gasteiger partial charge is 0.164 e. The van der Waals surface area contributed by atoms with Crippen LogP contribution in [0.2, 0.25) is 0 Å². The van der Waals surface area contributed by atoms with Crippen LogP contribution in [0, 0.1) is 0 Å². The van der Waals surface area contributed by atoms with E-state index < -0.39 is 0 Å². The van der Waals surface area contributed by atoms with Crippen molar-refractivity contribution in [1.82, 2.24) is 0 Å². The van der Waals surface area contributed by atoms with E-state index in [0.29, 0.717) is 11.0 Å². The highest BCUT2D eigenvalue weighted by molar-refractivity contribution is 8.16. The molecule has 0 radical (unpaired) electrons. The number of methoxy groups -OCH3 is 1. The predicted molar refractivity (Wildman–Crippen MR) is 72.8 cm³/mol. The van der Waals surface area contributed by atoms with E-state index in [2.05, 4.69) is 0 Å². The summed E-state index contributed by atoms with van der Waals surface area (Å²) in [6.07, 6.45) is 4.64. The maximum Gasteiger partial charge on any atom is 0.164 e. The second-order valence-corrected chi connectivity index (χ2v) is 5.64. The predicted octanol–water partition coefficient (Wildman–Crippen LogP) is 3.32. The molecule has 0 amide bonds. The lowest BCUT2D eigenvalue weighted by atomic mass is 10.1. The molecule has 1 aromatic carbocycles. The van der Waals surface area contributed by atoms with Gasteiger partial charge >= 0.3 is 0 Å². The molecule has 0 bridgehead atoms. The highest BCUT2D eigenvalue weighted by Gasteiger charge is 2.13. The van der Waals surface area contributed by atoms with Crippen molar-refractivity contribution in [2.75, 3.05) is 19.6 Å². The van der Waals surface area contributed by atoms with E-state index in [4.69, 9.17) is 4.74 Å². The number of hydrogen-bond donors (Lipinski definition) is 0. The molecule has 4 heteroatoms. The van der Waals surface area contributed by atoms with Crippen LogP contribution in [0.3, 0.4) is 0 Å². The van der Waals surface area contributed by atoms with Crippen LogP contribution in [0.4, 0.5) is 0 Å². The van der Waals surface area contributed by atoms with Crippen LogP contribution in [-0.4, -0.2) is 30.0 Å². The van der Waals surface area contributed by atoms with Crippen LogP contribution >= 0.6 is 23.5 Å². The number of benzene rings is 1. The first-order chi connectivity index (χ1) is 7.71. The van der Waals surface area contributed by atoms with Gasteiger partial charge in [0.1, 0.15) is 5.75 Å². The standard InChI is InChI=1S/C12H16O2S2/c1-14-10-6-4-9(5-7-10)11(13)8-12(15-2)16-3/h4-7,12H,8H2,1-3H3. The molecule has 0 heterocycles. The fourth-order valence-electron chi connectivity index (χ4n) is 1.31.